The largest absolute Gasteiger partial charge is 0.493 e. The molecule has 5 atom stereocenters. The van der Waals surface area contributed by atoms with Crippen LogP contribution in [0.3, 0.4) is 0 Å². The Labute approximate surface area is 253 Å². The zero-order valence-electron chi connectivity index (χ0n) is 25.9. The maximum absolute atomic E-state index is 13.8. The Kier molecular flexibility index (Phi) is 8.99. The van der Waals surface area contributed by atoms with Crippen LogP contribution in [0, 0.1) is 23.7 Å². The molecule has 0 saturated heterocycles. The molecule has 0 spiro atoms. The molecule has 9 heteroatoms. The number of carbonyl (C=O) groups excluding carboxylic acids is 2. The number of fused-ring (bicyclic) bond motifs is 5. The van der Waals surface area contributed by atoms with E-state index in [1.165, 1.54) is 13.3 Å². The highest BCUT2D eigenvalue weighted by molar-refractivity contribution is 5.86. The van der Waals surface area contributed by atoms with Gasteiger partial charge in [-0.25, -0.2) is 0 Å². The summed E-state index contributed by atoms with van der Waals surface area (Å²) in [5.74, 6) is 2.75. The summed E-state index contributed by atoms with van der Waals surface area (Å²) < 4.78 is 17.2. The van der Waals surface area contributed by atoms with E-state index in [2.05, 4.69) is 28.1 Å². The van der Waals surface area contributed by atoms with E-state index in [1.54, 1.807) is 33.5 Å². The Balaban J connectivity index is 1.53. The van der Waals surface area contributed by atoms with E-state index in [1.807, 2.05) is 26.0 Å². The summed E-state index contributed by atoms with van der Waals surface area (Å²) in [5.41, 5.74) is 3.19. The van der Waals surface area contributed by atoms with Crippen molar-refractivity contribution < 1.29 is 23.8 Å². The lowest BCUT2D eigenvalue weighted by Crippen LogP contribution is -2.45. The fraction of sp³-hybridized carbons (Fsp3) is 0.500. The van der Waals surface area contributed by atoms with Gasteiger partial charge in [0.25, 0.3) is 0 Å². The summed E-state index contributed by atoms with van der Waals surface area (Å²) in [7, 11) is 4.70. The Hall–Kier alpha value is -4.01. The summed E-state index contributed by atoms with van der Waals surface area (Å²) in [5, 5.41) is 9.45. The molecule has 2 aromatic carbocycles. The molecule has 43 heavy (non-hydrogen) atoms. The van der Waals surface area contributed by atoms with Gasteiger partial charge in [-0.1, -0.05) is 32.1 Å². The molecule has 2 aromatic rings. The fourth-order valence-corrected chi connectivity index (χ4v) is 7.00. The molecule has 0 unspecified atom stereocenters. The van der Waals surface area contributed by atoms with E-state index >= 15 is 0 Å². The first-order valence-corrected chi connectivity index (χ1v) is 15.1. The second-order valence-electron chi connectivity index (χ2n) is 12.2. The number of anilines is 1. The fourth-order valence-electron chi connectivity index (χ4n) is 7.00. The van der Waals surface area contributed by atoms with Crippen LogP contribution in [-0.2, 0) is 16.0 Å². The lowest BCUT2D eigenvalue weighted by Gasteiger charge is -2.24. The molecule has 230 valence electrons. The van der Waals surface area contributed by atoms with Crippen molar-refractivity contribution in [2.24, 2.45) is 23.7 Å². The maximum atomic E-state index is 13.8. The zero-order valence-corrected chi connectivity index (χ0v) is 25.9. The molecule has 3 N–H and O–H groups in total. The molecule has 1 fully saturated rings. The summed E-state index contributed by atoms with van der Waals surface area (Å²) in [6.45, 7) is 6.04. The number of allylic oxidation sites excluding steroid dienone is 2. The van der Waals surface area contributed by atoms with Crippen molar-refractivity contribution in [2.75, 3.05) is 33.2 Å². The smallest absolute Gasteiger partial charge is 0.242 e. The van der Waals surface area contributed by atoms with Crippen molar-refractivity contribution in [3.8, 4) is 28.4 Å². The second-order valence-corrected chi connectivity index (χ2v) is 12.2. The highest BCUT2D eigenvalue weighted by Crippen LogP contribution is 2.50. The summed E-state index contributed by atoms with van der Waals surface area (Å²) in [6.07, 6.45) is 8.06. The topological polar surface area (TPSA) is 115 Å². The standard InChI is InChI=1S/C34H43N3O6/c1-18(2)31(34(40)35-17-23-14-20-7-8-21(23)13-20)37-27-12-10-24-25(16-28(27)39)26(36-19(3)38)11-9-22-15-29(41-4)32(42-5)33(43-6)30(22)24/h7-8,10,12,15-16,18,20-21,23,26,31H,9,11,13-14,17H2,1-6H3,(H,35,40)(H,36,38)(H,37,39)/t20-,21-,23+,26-,31-/m0/s1. The van der Waals surface area contributed by atoms with Gasteiger partial charge in [0.05, 0.1) is 33.1 Å². The van der Waals surface area contributed by atoms with Crippen LogP contribution in [-0.4, -0.2) is 45.7 Å². The first kappa shape index (κ1) is 30.4. The van der Waals surface area contributed by atoms with Gasteiger partial charge in [-0.05, 0) is 84.2 Å². The van der Waals surface area contributed by atoms with Gasteiger partial charge in [-0.2, -0.15) is 0 Å². The molecule has 3 aliphatic rings. The average molecular weight is 590 g/mol. The van der Waals surface area contributed by atoms with E-state index in [0.29, 0.717) is 65.6 Å². The van der Waals surface area contributed by atoms with Crippen LogP contribution in [0.4, 0.5) is 5.69 Å². The quantitative estimate of drug-likeness (QED) is 0.346. The third-order valence-corrected chi connectivity index (χ3v) is 9.13. The molecule has 0 aliphatic heterocycles. The normalized spacial score (nSPS) is 22.2. The molecule has 0 heterocycles. The average Bonchev–Trinajstić information content (AvgIpc) is 3.53. The lowest BCUT2D eigenvalue weighted by molar-refractivity contribution is -0.123. The Morgan fingerprint density at radius 3 is 2.37 bits per heavy atom. The Morgan fingerprint density at radius 1 is 1.00 bits per heavy atom. The number of carbonyl (C=O) groups is 2. The number of hydrogen-bond donors (Lipinski definition) is 3. The van der Waals surface area contributed by atoms with Gasteiger partial charge in [-0.3, -0.25) is 14.4 Å². The molecule has 2 bridgehead atoms. The highest BCUT2D eigenvalue weighted by Gasteiger charge is 2.36. The molecule has 2 amide bonds. The molecule has 1 saturated carbocycles. The van der Waals surface area contributed by atoms with Crippen molar-refractivity contribution in [2.45, 2.75) is 58.5 Å². The van der Waals surface area contributed by atoms with Crippen molar-refractivity contribution in [3.05, 3.63) is 57.8 Å². The van der Waals surface area contributed by atoms with Gasteiger partial charge in [-0.15, -0.1) is 0 Å². The zero-order chi connectivity index (χ0) is 30.8. The Bertz CT molecular complexity index is 1490. The molecular formula is C34H43N3O6. The second kappa shape index (κ2) is 12.7. The van der Waals surface area contributed by atoms with Crippen molar-refractivity contribution >= 4 is 17.5 Å². The van der Waals surface area contributed by atoms with Crippen LogP contribution in [0.5, 0.6) is 17.2 Å². The lowest BCUT2D eigenvalue weighted by atomic mass is 9.93. The molecule has 3 aliphatic carbocycles. The number of hydrogen-bond acceptors (Lipinski definition) is 7. The third kappa shape index (κ3) is 6.08. The van der Waals surface area contributed by atoms with Gasteiger partial charge < -0.3 is 30.2 Å². The van der Waals surface area contributed by atoms with Crippen LogP contribution < -0.4 is 35.6 Å². The van der Waals surface area contributed by atoms with Gasteiger partial charge in [0.1, 0.15) is 6.04 Å². The number of aryl methyl sites for hydroxylation is 1. The predicted octanol–water partition coefficient (Wildman–Crippen LogP) is 4.63. The van der Waals surface area contributed by atoms with E-state index in [4.69, 9.17) is 14.2 Å². The highest BCUT2D eigenvalue weighted by atomic mass is 16.5. The van der Waals surface area contributed by atoms with Gasteiger partial charge >= 0.3 is 0 Å². The minimum Gasteiger partial charge on any atom is -0.493 e. The number of amides is 2. The maximum Gasteiger partial charge on any atom is 0.242 e. The third-order valence-electron chi connectivity index (χ3n) is 9.13. The van der Waals surface area contributed by atoms with Gasteiger partial charge in [0.2, 0.25) is 23.0 Å². The molecule has 5 rings (SSSR count). The van der Waals surface area contributed by atoms with Crippen molar-refractivity contribution in [1.29, 1.82) is 0 Å². The van der Waals surface area contributed by atoms with E-state index < -0.39 is 12.1 Å². The number of rotatable bonds is 10. The van der Waals surface area contributed by atoms with Crippen molar-refractivity contribution in [1.82, 2.24) is 10.6 Å². The predicted molar refractivity (Wildman–Crippen MR) is 167 cm³/mol. The first-order valence-electron chi connectivity index (χ1n) is 15.1. The van der Waals surface area contributed by atoms with Crippen LogP contribution in [0.1, 0.15) is 57.2 Å². The van der Waals surface area contributed by atoms with Gasteiger partial charge in [0, 0.05) is 19.0 Å². The van der Waals surface area contributed by atoms with E-state index in [-0.39, 0.29) is 23.2 Å². The summed E-state index contributed by atoms with van der Waals surface area (Å²) in [6, 6.07) is 6.08. The molecular weight excluding hydrogens is 546 g/mol. The summed E-state index contributed by atoms with van der Waals surface area (Å²) >= 11 is 0. The minimum atomic E-state index is -0.596. The number of methoxy groups -OCH3 is 3. The molecule has 9 nitrogen and oxygen atoms in total. The van der Waals surface area contributed by atoms with Gasteiger partial charge in [0.15, 0.2) is 11.5 Å². The number of ether oxygens (including phenoxy) is 3. The van der Waals surface area contributed by atoms with Crippen LogP contribution in [0.15, 0.2) is 41.2 Å². The monoisotopic (exact) mass is 589 g/mol. The number of nitrogens with one attached hydrogen (secondary N) is 3. The van der Waals surface area contributed by atoms with Crippen LogP contribution in [0.25, 0.3) is 11.1 Å². The van der Waals surface area contributed by atoms with E-state index in [9.17, 15) is 14.4 Å². The Morgan fingerprint density at radius 2 is 1.77 bits per heavy atom. The molecule has 0 radical (unpaired) electrons. The first-order chi connectivity index (χ1) is 20.6. The number of benzene rings is 1. The van der Waals surface area contributed by atoms with Crippen molar-refractivity contribution in [3.63, 3.8) is 0 Å². The summed E-state index contributed by atoms with van der Waals surface area (Å²) in [4.78, 5) is 39.4. The van der Waals surface area contributed by atoms with Crippen LogP contribution >= 0.6 is 0 Å². The molecule has 0 aromatic heterocycles. The SMILES string of the molecule is COc1cc2c(c(OC)c1OC)-c1ccc(N[C@H](C(=O)NC[C@H]3C[C@H]4C=C[C@H]3C4)C(C)C)c(=O)cc1[C@@H](NC(C)=O)CC2. The van der Waals surface area contributed by atoms with E-state index in [0.717, 1.165) is 23.1 Å². The minimum absolute atomic E-state index is 0.0627. The van der Waals surface area contributed by atoms with Crippen LogP contribution in [0.2, 0.25) is 0 Å².